The third kappa shape index (κ3) is 5.81. The number of likely N-dealkylation sites (N-methyl/N-ethyl adjacent to an activating group) is 1. The van der Waals surface area contributed by atoms with E-state index in [1.807, 2.05) is 6.92 Å². The van der Waals surface area contributed by atoms with E-state index < -0.39 is 17.7 Å². The smallest absolute Gasteiger partial charge is 0.410 e. The van der Waals surface area contributed by atoms with Crippen molar-refractivity contribution in [3.05, 3.63) is 29.3 Å². The van der Waals surface area contributed by atoms with Crippen LogP contribution >= 0.6 is 0 Å². The quantitative estimate of drug-likeness (QED) is 0.899. The second kappa shape index (κ2) is 7.35. The third-order valence-electron chi connectivity index (χ3n) is 3.27. The van der Waals surface area contributed by atoms with E-state index in [0.29, 0.717) is 11.3 Å². The highest BCUT2D eigenvalue weighted by molar-refractivity contribution is 5.89. The fourth-order valence-electron chi connectivity index (χ4n) is 1.76. The number of hydrogen-bond donors (Lipinski definition) is 1. The molecule has 128 valence electrons. The number of carbonyl (C=O) groups is 2. The lowest BCUT2D eigenvalue weighted by Gasteiger charge is -2.28. The van der Waals surface area contributed by atoms with Crippen molar-refractivity contribution < 1.29 is 24.2 Å². The molecule has 0 aliphatic rings. The molecule has 0 aliphatic carbocycles. The van der Waals surface area contributed by atoms with Gasteiger partial charge in [0.25, 0.3) is 0 Å². The highest BCUT2D eigenvalue weighted by atomic mass is 16.6. The summed E-state index contributed by atoms with van der Waals surface area (Å²) in [7, 11) is 1.64. The van der Waals surface area contributed by atoms with Crippen molar-refractivity contribution in [1.29, 1.82) is 0 Å². The van der Waals surface area contributed by atoms with Crippen LogP contribution in [0.5, 0.6) is 5.75 Å². The molecule has 1 aromatic rings. The topological polar surface area (TPSA) is 76.1 Å². The van der Waals surface area contributed by atoms with Gasteiger partial charge in [-0.3, -0.25) is 0 Å². The van der Waals surface area contributed by atoms with Crippen molar-refractivity contribution in [3.63, 3.8) is 0 Å². The summed E-state index contributed by atoms with van der Waals surface area (Å²) in [5, 5.41) is 9.11. The molecule has 0 fully saturated rings. The Balaban J connectivity index is 2.65. The van der Waals surface area contributed by atoms with Gasteiger partial charge in [0.1, 0.15) is 18.0 Å². The molecule has 6 nitrogen and oxygen atoms in total. The second-order valence-corrected chi connectivity index (χ2v) is 6.53. The molecule has 1 amide bonds. The van der Waals surface area contributed by atoms with Crippen molar-refractivity contribution in [3.8, 4) is 5.75 Å². The molecule has 0 unspecified atom stereocenters. The van der Waals surface area contributed by atoms with Gasteiger partial charge in [-0.25, -0.2) is 9.59 Å². The Morgan fingerprint density at radius 3 is 2.43 bits per heavy atom. The predicted molar refractivity (Wildman–Crippen MR) is 87.1 cm³/mol. The molecule has 1 rings (SSSR count). The van der Waals surface area contributed by atoms with E-state index in [2.05, 4.69) is 0 Å². The number of carboxylic acid groups (broad SMARTS) is 1. The molecule has 1 N–H and O–H groups in total. The largest absolute Gasteiger partial charge is 0.491 e. The van der Waals surface area contributed by atoms with E-state index in [1.54, 1.807) is 46.9 Å². The van der Waals surface area contributed by atoms with Gasteiger partial charge in [0.05, 0.1) is 11.6 Å². The van der Waals surface area contributed by atoms with Gasteiger partial charge in [-0.15, -0.1) is 0 Å². The summed E-state index contributed by atoms with van der Waals surface area (Å²) < 4.78 is 10.9. The zero-order valence-electron chi connectivity index (χ0n) is 14.5. The average molecular weight is 323 g/mol. The van der Waals surface area contributed by atoms with E-state index in [1.165, 1.54) is 11.0 Å². The first-order chi connectivity index (χ1) is 10.5. The van der Waals surface area contributed by atoms with E-state index in [-0.39, 0.29) is 18.2 Å². The number of nitrogens with zero attached hydrogens (tertiary/aromatic N) is 1. The number of benzene rings is 1. The van der Waals surface area contributed by atoms with Crippen LogP contribution in [-0.2, 0) is 4.74 Å². The van der Waals surface area contributed by atoms with Crippen LogP contribution in [0, 0.1) is 6.92 Å². The van der Waals surface area contributed by atoms with Gasteiger partial charge in [0.2, 0.25) is 0 Å². The molecule has 0 spiro atoms. The minimum atomic E-state index is -0.994. The Hall–Kier alpha value is -2.24. The van der Waals surface area contributed by atoms with E-state index in [9.17, 15) is 9.59 Å². The van der Waals surface area contributed by atoms with Gasteiger partial charge >= 0.3 is 12.1 Å². The molecule has 1 aromatic carbocycles. The Labute approximate surface area is 137 Å². The van der Waals surface area contributed by atoms with Gasteiger partial charge in [-0.1, -0.05) is 6.07 Å². The normalized spacial score (nSPS) is 12.4. The van der Waals surface area contributed by atoms with Gasteiger partial charge in [-0.2, -0.15) is 0 Å². The molecule has 0 aliphatic heterocycles. The SMILES string of the molecule is Cc1ccc(OC[C@H](C)N(C)C(=O)OC(C)(C)C)cc1C(=O)O. The van der Waals surface area contributed by atoms with E-state index in [0.717, 1.165) is 0 Å². The lowest BCUT2D eigenvalue weighted by molar-refractivity contribution is 0.0195. The Kier molecular flexibility index (Phi) is 6.01. The predicted octanol–water partition coefficient (Wildman–Crippen LogP) is 3.33. The van der Waals surface area contributed by atoms with Crippen LogP contribution in [0.4, 0.5) is 4.79 Å². The zero-order valence-corrected chi connectivity index (χ0v) is 14.5. The van der Waals surface area contributed by atoms with Crippen LogP contribution in [-0.4, -0.2) is 47.4 Å². The summed E-state index contributed by atoms with van der Waals surface area (Å²) in [5.74, 6) is -0.538. The summed E-state index contributed by atoms with van der Waals surface area (Å²) in [6, 6.07) is 4.67. The maximum absolute atomic E-state index is 12.0. The number of carbonyl (C=O) groups excluding carboxylic acids is 1. The molecule has 0 radical (unpaired) electrons. The first kappa shape index (κ1) is 18.8. The van der Waals surface area contributed by atoms with Crippen LogP contribution in [0.2, 0.25) is 0 Å². The number of amides is 1. The number of rotatable bonds is 5. The van der Waals surface area contributed by atoms with Crippen molar-refractivity contribution in [2.45, 2.75) is 46.3 Å². The average Bonchev–Trinajstić information content (AvgIpc) is 2.43. The molecular weight excluding hydrogens is 298 g/mol. The van der Waals surface area contributed by atoms with Crippen LogP contribution in [0.15, 0.2) is 18.2 Å². The molecule has 0 saturated heterocycles. The first-order valence-electron chi connectivity index (χ1n) is 7.44. The summed E-state index contributed by atoms with van der Waals surface area (Å²) in [5.41, 5.74) is 0.318. The minimum absolute atomic E-state index is 0.204. The molecule has 0 saturated carbocycles. The summed E-state index contributed by atoms with van der Waals surface area (Å²) in [6.45, 7) is 9.21. The van der Waals surface area contributed by atoms with Gasteiger partial charge < -0.3 is 19.5 Å². The molecule has 23 heavy (non-hydrogen) atoms. The molecule has 0 heterocycles. The van der Waals surface area contributed by atoms with Crippen LogP contribution in [0.3, 0.4) is 0 Å². The first-order valence-corrected chi connectivity index (χ1v) is 7.44. The van der Waals surface area contributed by atoms with Crippen LogP contribution in [0.1, 0.15) is 43.6 Å². The minimum Gasteiger partial charge on any atom is -0.491 e. The summed E-state index contributed by atoms with van der Waals surface area (Å²) in [4.78, 5) is 24.5. The number of carboxylic acids is 1. The van der Waals surface area contributed by atoms with Crippen LogP contribution < -0.4 is 4.74 Å². The van der Waals surface area contributed by atoms with E-state index >= 15 is 0 Å². The third-order valence-corrected chi connectivity index (χ3v) is 3.27. The lowest BCUT2D eigenvalue weighted by Crippen LogP contribution is -2.42. The van der Waals surface area contributed by atoms with Crippen molar-refractivity contribution >= 4 is 12.1 Å². The summed E-state index contributed by atoms with van der Waals surface area (Å²) >= 11 is 0. The monoisotopic (exact) mass is 323 g/mol. The van der Waals surface area contributed by atoms with Gasteiger partial charge in [0, 0.05) is 7.05 Å². The highest BCUT2D eigenvalue weighted by Crippen LogP contribution is 2.18. The molecule has 0 bridgehead atoms. The van der Waals surface area contributed by atoms with Crippen LogP contribution in [0.25, 0.3) is 0 Å². The maximum atomic E-state index is 12.0. The summed E-state index contributed by atoms with van der Waals surface area (Å²) in [6.07, 6.45) is -0.427. The number of ether oxygens (including phenoxy) is 2. The van der Waals surface area contributed by atoms with E-state index in [4.69, 9.17) is 14.6 Å². The maximum Gasteiger partial charge on any atom is 0.410 e. The van der Waals surface area contributed by atoms with Gasteiger partial charge in [-0.05, 0) is 52.3 Å². The molecule has 0 aromatic heterocycles. The van der Waals surface area contributed by atoms with Gasteiger partial charge in [0.15, 0.2) is 0 Å². The molecule has 1 atom stereocenters. The fraction of sp³-hybridized carbons (Fsp3) is 0.529. The highest BCUT2D eigenvalue weighted by Gasteiger charge is 2.23. The standard InChI is InChI=1S/C17H25NO5/c1-11-7-8-13(9-14(11)15(19)20)22-10-12(2)18(6)16(21)23-17(3,4)5/h7-9,12H,10H2,1-6H3,(H,19,20)/t12-/m0/s1. The molecular formula is C17H25NO5. The number of aryl methyl sites for hydroxylation is 1. The molecule has 6 heteroatoms. The fourth-order valence-corrected chi connectivity index (χ4v) is 1.76. The Bertz CT molecular complexity index is 577. The van der Waals surface area contributed by atoms with Crippen molar-refractivity contribution in [2.75, 3.05) is 13.7 Å². The Morgan fingerprint density at radius 2 is 1.91 bits per heavy atom. The zero-order chi connectivity index (χ0) is 17.8. The lowest BCUT2D eigenvalue weighted by atomic mass is 10.1. The number of aromatic carboxylic acids is 1. The van der Waals surface area contributed by atoms with Crippen molar-refractivity contribution in [2.24, 2.45) is 0 Å². The second-order valence-electron chi connectivity index (χ2n) is 6.53. The number of hydrogen-bond acceptors (Lipinski definition) is 4. The Morgan fingerprint density at radius 1 is 1.30 bits per heavy atom. The van der Waals surface area contributed by atoms with Crippen molar-refractivity contribution in [1.82, 2.24) is 4.90 Å².